The second-order valence-corrected chi connectivity index (χ2v) is 1.55. The molecule has 1 aliphatic rings. The van der Waals surface area contributed by atoms with Gasteiger partial charge in [0.05, 0.1) is 6.10 Å². The summed E-state index contributed by atoms with van der Waals surface area (Å²) in [7, 11) is 0. The molecule has 0 aromatic heterocycles. The first-order valence-electron chi connectivity index (χ1n) is 2.25. The Kier molecular flexibility index (Phi) is 0.821. The van der Waals surface area contributed by atoms with Crippen LogP contribution in [-0.4, -0.2) is 12.3 Å². The zero-order chi connectivity index (χ0) is 4.57. The maximum Gasteiger partial charge on any atom is 0.132 e. The SMILES string of the molecule is CC[C@H]1OC1N. The van der Waals surface area contributed by atoms with Crippen molar-refractivity contribution >= 4 is 0 Å². The fourth-order valence-electron chi connectivity index (χ4n) is 0.485. The highest BCUT2D eigenvalue weighted by Gasteiger charge is 2.32. The molecule has 2 atom stereocenters. The van der Waals surface area contributed by atoms with E-state index in [0.29, 0.717) is 6.10 Å². The van der Waals surface area contributed by atoms with Gasteiger partial charge in [0, 0.05) is 0 Å². The van der Waals surface area contributed by atoms with Crippen LogP contribution in [0.4, 0.5) is 0 Å². The third kappa shape index (κ3) is 0.533. The summed E-state index contributed by atoms with van der Waals surface area (Å²) in [5.74, 6) is 0. The van der Waals surface area contributed by atoms with Crippen molar-refractivity contribution in [2.45, 2.75) is 25.7 Å². The number of nitrogens with two attached hydrogens (primary N) is 1. The number of epoxide rings is 1. The Hall–Kier alpha value is -0.0800. The molecule has 1 heterocycles. The Morgan fingerprint density at radius 2 is 2.33 bits per heavy atom. The molecule has 1 saturated heterocycles. The highest BCUT2D eigenvalue weighted by molar-refractivity contribution is 4.76. The van der Waals surface area contributed by atoms with Gasteiger partial charge in [-0.15, -0.1) is 0 Å². The molecule has 1 unspecified atom stereocenters. The first kappa shape index (κ1) is 4.09. The second kappa shape index (κ2) is 1.21. The van der Waals surface area contributed by atoms with Crippen LogP contribution in [0.25, 0.3) is 0 Å². The van der Waals surface area contributed by atoms with Crippen LogP contribution in [-0.2, 0) is 4.74 Å². The van der Waals surface area contributed by atoms with Gasteiger partial charge in [-0.05, 0) is 6.42 Å². The van der Waals surface area contributed by atoms with E-state index in [0.717, 1.165) is 6.42 Å². The normalized spacial score (nSPS) is 43.0. The molecule has 0 saturated carbocycles. The zero-order valence-electron chi connectivity index (χ0n) is 3.85. The van der Waals surface area contributed by atoms with Crippen molar-refractivity contribution in [2.24, 2.45) is 5.73 Å². The van der Waals surface area contributed by atoms with Crippen LogP contribution in [0, 0.1) is 0 Å². The van der Waals surface area contributed by atoms with Crippen molar-refractivity contribution in [3.05, 3.63) is 0 Å². The minimum absolute atomic E-state index is 0.0648. The lowest BCUT2D eigenvalue weighted by molar-refractivity contribution is 0.370. The van der Waals surface area contributed by atoms with Crippen molar-refractivity contribution in [3.63, 3.8) is 0 Å². The van der Waals surface area contributed by atoms with Gasteiger partial charge in [-0.2, -0.15) is 0 Å². The van der Waals surface area contributed by atoms with E-state index < -0.39 is 0 Å². The van der Waals surface area contributed by atoms with Gasteiger partial charge in [-0.1, -0.05) is 6.92 Å². The molecule has 0 aliphatic carbocycles. The lowest BCUT2D eigenvalue weighted by Crippen LogP contribution is -2.03. The van der Waals surface area contributed by atoms with Gasteiger partial charge in [-0.3, -0.25) is 0 Å². The monoisotopic (exact) mass is 87.1 g/mol. The van der Waals surface area contributed by atoms with Crippen LogP contribution in [0.1, 0.15) is 13.3 Å². The third-order valence-corrected chi connectivity index (χ3v) is 1.02. The smallest absolute Gasteiger partial charge is 0.132 e. The zero-order valence-corrected chi connectivity index (χ0v) is 3.85. The van der Waals surface area contributed by atoms with Crippen LogP contribution >= 0.6 is 0 Å². The topological polar surface area (TPSA) is 38.5 Å². The van der Waals surface area contributed by atoms with Gasteiger partial charge in [-0.25, -0.2) is 0 Å². The lowest BCUT2D eigenvalue weighted by atomic mass is 10.3. The molecule has 36 valence electrons. The molecule has 0 aromatic rings. The van der Waals surface area contributed by atoms with Crippen molar-refractivity contribution in [3.8, 4) is 0 Å². The molecule has 0 spiro atoms. The molecule has 0 aromatic carbocycles. The van der Waals surface area contributed by atoms with Crippen LogP contribution in [0.2, 0.25) is 0 Å². The standard InChI is InChI=1S/C4H9NO/c1-2-3-4(5)6-3/h3-4H,2,5H2,1H3/t3-,4?/m1/s1. The molecule has 1 rings (SSSR count). The first-order valence-corrected chi connectivity index (χ1v) is 2.25. The summed E-state index contributed by atoms with van der Waals surface area (Å²) in [6.45, 7) is 2.07. The highest BCUT2D eigenvalue weighted by Crippen LogP contribution is 2.18. The summed E-state index contributed by atoms with van der Waals surface area (Å²) in [5, 5.41) is 0. The maximum absolute atomic E-state index is 5.25. The van der Waals surface area contributed by atoms with Crippen LogP contribution < -0.4 is 5.73 Å². The Balaban J connectivity index is 2.09. The summed E-state index contributed by atoms with van der Waals surface area (Å²) in [6.07, 6.45) is 1.50. The van der Waals surface area contributed by atoms with Crippen molar-refractivity contribution in [1.82, 2.24) is 0 Å². The summed E-state index contributed by atoms with van der Waals surface area (Å²) >= 11 is 0. The first-order chi connectivity index (χ1) is 2.84. The van der Waals surface area contributed by atoms with Crippen LogP contribution in [0.3, 0.4) is 0 Å². The summed E-state index contributed by atoms with van der Waals surface area (Å²) in [4.78, 5) is 0. The van der Waals surface area contributed by atoms with E-state index in [4.69, 9.17) is 10.5 Å². The predicted octanol–water partition coefficient (Wildman–Crippen LogP) is 0.0800. The van der Waals surface area contributed by atoms with Gasteiger partial charge < -0.3 is 10.5 Å². The van der Waals surface area contributed by atoms with E-state index in [1.807, 2.05) is 0 Å². The summed E-state index contributed by atoms with van der Waals surface area (Å²) < 4.78 is 4.84. The van der Waals surface area contributed by atoms with Crippen molar-refractivity contribution in [2.75, 3.05) is 0 Å². The Morgan fingerprint density at radius 1 is 1.83 bits per heavy atom. The van der Waals surface area contributed by atoms with E-state index >= 15 is 0 Å². The lowest BCUT2D eigenvalue weighted by Gasteiger charge is -1.72. The van der Waals surface area contributed by atoms with Gasteiger partial charge >= 0.3 is 0 Å². The van der Waals surface area contributed by atoms with Gasteiger partial charge in [0.1, 0.15) is 6.23 Å². The van der Waals surface area contributed by atoms with E-state index in [9.17, 15) is 0 Å². The van der Waals surface area contributed by atoms with E-state index in [2.05, 4.69) is 6.92 Å². The molecular formula is C4H9NO. The summed E-state index contributed by atoms with van der Waals surface area (Å²) in [5.41, 5.74) is 5.25. The molecule has 2 nitrogen and oxygen atoms in total. The van der Waals surface area contributed by atoms with Gasteiger partial charge in [0.15, 0.2) is 0 Å². The molecule has 1 aliphatic heterocycles. The minimum Gasteiger partial charge on any atom is -0.353 e. The quantitative estimate of drug-likeness (QED) is 0.460. The number of hydrogen-bond donors (Lipinski definition) is 1. The molecule has 2 N–H and O–H groups in total. The summed E-state index contributed by atoms with van der Waals surface area (Å²) in [6, 6.07) is 0. The molecular weight excluding hydrogens is 78.1 g/mol. The van der Waals surface area contributed by atoms with Crippen LogP contribution in [0.15, 0.2) is 0 Å². The highest BCUT2D eigenvalue weighted by atomic mass is 16.6. The molecule has 6 heavy (non-hydrogen) atoms. The fourth-order valence-corrected chi connectivity index (χ4v) is 0.485. The number of rotatable bonds is 1. The van der Waals surface area contributed by atoms with E-state index in [-0.39, 0.29) is 6.23 Å². The van der Waals surface area contributed by atoms with E-state index in [1.165, 1.54) is 0 Å². The third-order valence-electron chi connectivity index (χ3n) is 1.02. The average molecular weight is 87.1 g/mol. The van der Waals surface area contributed by atoms with Crippen molar-refractivity contribution in [1.29, 1.82) is 0 Å². The number of hydrogen-bond acceptors (Lipinski definition) is 2. The average Bonchev–Trinajstić information content (AvgIpc) is 2.19. The molecule has 2 heteroatoms. The number of ether oxygens (including phenoxy) is 1. The Morgan fingerprint density at radius 3 is 2.33 bits per heavy atom. The van der Waals surface area contributed by atoms with Gasteiger partial charge in [0.2, 0.25) is 0 Å². The van der Waals surface area contributed by atoms with Crippen molar-refractivity contribution < 1.29 is 4.74 Å². The maximum atomic E-state index is 5.25. The van der Waals surface area contributed by atoms with Crippen LogP contribution in [0.5, 0.6) is 0 Å². The second-order valence-electron chi connectivity index (χ2n) is 1.55. The fraction of sp³-hybridized carbons (Fsp3) is 1.00. The largest absolute Gasteiger partial charge is 0.353 e. The van der Waals surface area contributed by atoms with Gasteiger partial charge in [0.25, 0.3) is 0 Å². The minimum atomic E-state index is 0.0648. The predicted molar refractivity (Wildman–Crippen MR) is 23.1 cm³/mol. The molecule has 0 bridgehead atoms. The Labute approximate surface area is 37.3 Å². The molecule has 1 fully saturated rings. The Bertz CT molecular complexity index is 53.5. The molecule has 0 amide bonds. The molecule has 0 radical (unpaired) electrons. The van der Waals surface area contributed by atoms with E-state index in [1.54, 1.807) is 0 Å².